The molecule has 3 aromatic rings. The number of nitrogens with zero attached hydrogens (tertiary/aromatic N) is 4. The number of carbonyl (C=O) groups is 2. The van der Waals surface area contributed by atoms with Crippen LogP contribution in [-0.4, -0.2) is 68.8 Å². The standard InChI is InChI=1S/C27H27N5O3S.CH5N.CH2O/c1-18-12-24(25(35-3)16-28-18)23-13-22(32(17-33)10-11-34-2)9-7-20(23)14-29-26-27(36)31-21(15-30-26)8-6-19-4-5-19;2*1-2/h7,9,12-17,19H,4-5,10-11H2,1-3H3,(H,31,36);2H2,1H3;1H2. The molecule has 0 atom stereocenters. The Morgan fingerprint density at radius 2 is 1.95 bits per heavy atom. The highest BCUT2D eigenvalue weighted by molar-refractivity contribution is 7.71. The summed E-state index contributed by atoms with van der Waals surface area (Å²) in [4.78, 5) is 37.7. The van der Waals surface area contributed by atoms with E-state index in [1.165, 1.54) is 7.05 Å². The number of benzene rings is 1. The number of methoxy groups -OCH3 is 2. The SMILES string of the molecule is C=O.CN.COCCN(C=O)c1ccc(C=Nc2ncc(C#CC3CC3)[nH]c2=S)c(-c2cc(C)ncc2OC)c1. The molecule has 1 aromatic carbocycles. The van der Waals surface area contributed by atoms with E-state index < -0.39 is 0 Å². The van der Waals surface area contributed by atoms with Crippen LogP contribution in [0.25, 0.3) is 11.1 Å². The van der Waals surface area contributed by atoms with Crippen molar-refractivity contribution in [2.24, 2.45) is 16.6 Å². The second-order valence-electron chi connectivity index (χ2n) is 8.34. The van der Waals surface area contributed by atoms with Crippen molar-refractivity contribution in [3.05, 3.63) is 58.3 Å². The number of anilines is 1. The van der Waals surface area contributed by atoms with Crippen LogP contribution in [0.5, 0.6) is 5.75 Å². The summed E-state index contributed by atoms with van der Waals surface area (Å²) in [6.07, 6.45) is 8.13. The number of hydrogen-bond acceptors (Lipinski definition) is 9. The van der Waals surface area contributed by atoms with Gasteiger partial charge in [-0.15, -0.1) is 0 Å². The van der Waals surface area contributed by atoms with E-state index in [-0.39, 0.29) is 0 Å². The first-order valence-electron chi connectivity index (χ1n) is 12.4. The fourth-order valence-corrected chi connectivity index (χ4v) is 3.73. The van der Waals surface area contributed by atoms with Gasteiger partial charge in [0.1, 0.15) is 22.9 Å². The Morgan fingerprint density at radius 1 is 1.20 bits per heavy atom. The van der Waals surface area contributed by atoms with Crippen LogP contribution < -0.4 is 15.4 Å². The largest absolute Gasteiger partial charge is 0.494 e. The summed E-state index contributed by atoms with van der Waals surface area (Å²) < 4.78 is 11.1. The molecular formula is C29H34N6O4S. The van der Waals surface area contributed by atoms with E-state index in [1.54, 1.807) is 37.7 Å². The molecule has 1 aliphatic carbocycles. The van der Waals surface area contributed by atoms with Gasteiger partial charge in [0.05, 0.1) is 26.1 Å². The van der Waals surface area contributed by atoms with Gasteiger partial charge in [-0.2, -0.15) is 0 Å². The molecular weight excluding hydrogens is 528 g/mol. The Morgan fingerprint density at radius 3 is 2.58 bits per heavy atom. The van der Waals surface area contributed by atoms with Crippen molar-refractivity contribution in [2.45, 2.75) is 19.8 Å². The molecule has 0 unspecified atom stereocenters. The average molecular weight is 563 g/mol. The van der Waals surface area contributed by atoms with E-state index in [0.717, 1.165) is 47.3 Å². The number of carbonyl (C=O) groups excluding carboxylic acids is 2. The number of aromatic nitrogens is 3. The quantitative estimate of drug-likeness (QED) is 0.173. The Bertz CT molecular complexity index is 1430. The summed E-state index contributed by atoms with van der Waals surface area (Å²) in [5, 5.41) is 0. The minimum absolute atomic E-state index is 0.393. The van der Waals surface area contributed by atoms with Crippen molar-refractivity contribution in [2.75, 3.05) is 39.3 Å². The van der Waals surface area contributed by atoms with Crippen molar-refractivity contribution in [1.29, 1.82) is 0 Å². The zero-order chi connectivity index (χ0) is 29.5. The van der Waals surface area contributed by atoms with Crippen LogP contribution in [0.15, 0.2) is 41.7 Å². The van der Waals surface area contributed by atoms with Gasteiger partial charge in [0.25, 0.3) is 0 Å². The first kappa shape index (κ1) is 32.0. The number of aromatic amines is 1. The third-order valence-corrected chi connectivity index (χ3v) is 5.91. The summed E-state index contributed by atoms with van der Waals surface area (Å²) in [6, 6.07) is 7.62. The molecule has 2 aromatic heterocycles. The van der Waals surface area contributed by atoms with Crippen LogP contribution in [-0.2, 0) is 14.3 Å². The van der Waals surface area contributed by atoms with Crippen molar-refractivity contribution in [3.8, 4) is 28.7 Å². The first-order valence-corrected chi connectivity index (χ1v) is 12.8. The van der Waals surface area contributed by atoms with Crippen LogP contribution in [0.1, 0.15) is 29.8 Å². The molecule has 0 spiro atoms. The van der Waals surface area contributed by atoms with Crippen LogP contribution in [0.3, 0.4) is 0 Å². The van der Waals surface area contributed by atoms with E-state index in [2.05, 4.69) is 37.5 Å². The fourth-order valence-electron chi connectivity index (χ4n) is 3.51. The number of pyridine rings is 1. The molecule has 4 rings (SSSR count). The highest BCUT2D eigenvalue weighted by Gasteiger charge is 2.18. The van der Waals surface area contributed by atoms with E-state index >= 15 is 0 Å². The molecule has 2 heterocycles. The lowest BCUT2D eigenvalue weighted by Gasteiger charge is -2.19. The lowest BCUT2D eigenvalue weighted by molar-refractivity contribution is -0.107. The maximum Gasteiger partial charge on any atom is 0.214 e. The number of aryl methyl sites for hydroxylation is 1. The number of ether oxygens (including phenoxy) is 2. The van der Waals surface area contributed by atoms with Gasteiger partial charge in [-0.25, -0.2) is 9.98 Å². The average Bonchev–Trinajstić information content (AvgIpc) is 3.83. The van der Waals surface area contributed by atoms with E-state index in [1.807, 2.05) is 38.0 Å². The Balaban J connectivity index is 0.00000134. The number of nitrogens with two attached hydrogens (primary N) is 1. The normalized spacial score (nSPS) is 11.7. The fraction of sp³-hybridized carbons (Fsp3) is 0.310. The highest BCUT2D eigenvalue weighted by atomic mass is 32.1. The molecule has 210 valence electrons. The van der Waals surface area contributed by atoms with Gasteiger partial charge >= 0.3 is 0 Å². The molecule has 0 radical (unpaired) electrons. The second kappa shape index (κ2) is 16.7. The molecule has 1 amide bonds. The number of H-pyrrole nitrogens is 1. The molecule has 1 fully saturated rings. The zero-order valence-electron chi connectivity index (χ0n) is 23.1. The lowest BCUT2D eigenvalue weighted by atomic mass is 9.98. The minimum Gasteiger partial charge on any atom is -0.494 e. The summed E-state index contributed by atoms with van der Waals surface area (Å²) in [6.45, 7) is 4.75. The van der Waals surface area contributed by atoms with Crippen molar-refractivity contribution in [3.63, 3.8) is 0 Å². The highest BCUT2D eigenvalue weighted by Crippen LogP contribution is 2.34. The summed E-state index contributed by atoms with van der Waals surface area (Å²) >= 11 is 5.46. The molecule has 10 nitrogen and oxygen atoms in total. The van der Waals surface area contributed by atoms with Gasteiger partial charge in [-0.1, -0.05) is 24.2 Å². The summed E-state index contributed by atoms with van der Waals surface area (Å²) in [5.41, 5.74) is 9.18. The van der Waals surface area contributed by atoms with Crippen LogP contribution in [0.4, 0.5) is 11.5 Å². The predicted octanol–water partition coefficient (Wildman–Crippen LogP) is 4.03. The summed E-state index contributed by atoms with van der Waals surface area (Å²) in [5.74, 6) is 7.77. The predicted molar refractivity (Wildman–Crippen MR) is 160 cm³/mol. The Hall–Kier alpha value is -4.24. The van der Waals surface area contributed by atoms with E-state index in [4.69, 9.17) is 26.5 Å². The van der Waals surface area contributed by atoms with Gasteiger partial charge in [0.2, 0.25) is 6.41 Å². The van der Waals surface area contributed by atoms with Crippen LogP contribution in [0.2, 0.25) is 0 Å². The number of aliphatic imine (C=N–C) groups is 1. The molecule has 0 saturated heterocycles. The monoisotopic (exact) mass is 562 g/mol. The number of hydrogen-bond donors (Lipinski definition) is 2. The van der Waals surface area contributed by atoms with E-state index in [9.17, 15) is 4.79 Å². The molecule has 1 aliphatic rings. The Labute approximate surface area is 239 Å². The van der Waals surface area contributed by atoms with Gasteiger partial charge in [0, 0.05) is 48.3 Å². The molecule has 40 heavy (non-hydrogen) atoms. The van der Waals surface area contributed by atoms with Crippen molar-refractivity contribution >= 4 is 43.1 Å². The van der Waals surface area contributed by atoms with Gasteiger partial charge < -0.3 is 29.9 Å². The molecule has 3 N–H and O–H groups in total. The maximum atomic E-state index is 11.8. The second-order valence-corrected chi connectivity index (χ2v) is 8.75. The minimum atomic E-state index is 0.393. The number of amides is 1. The van der Waals surface area contributed by atoms with Crippen LogP contribution in [0, 0.1) is 29.3 Å². The summed E-state index contributed by atoms with van der Waals surface area (Å²) in [7, 11) is 4.70. The van der Waals surface area contributed by atoms with Crippen LogP contribution >= 0.6 is 12.2 Å². The molecule has 0 aliphatic heterocycles. The van der Waals surface area contributed by atoms with Crippen molar-refractivity contribution < 1.29 is 19.1 Å². The molecule has 0 bridgehead atoms. The lowest BCUT2D eigenvalue weighted by Crippen LogP contribution is -2.25. The third-order valence-electron chi connectivity index (χ3n) is 5.63. The van der Waals surface area contributed by atoms with Gasteiger partial charge in [-0.3, -0.25) is 9.78 Å². The number of rotatable bonds is 9. The smallest absolute Gasteiger partial charge is 0.214 e. The van der Waals surface area contributed by atoms with E-state index in [0.29, 0.717) is 41.0 Å². The van der Waals surface area contributed by atoms with Crippen molar-refractivity contribution in [1.82, 2.24) is 15.0 Å². The third kappa shape index (κ3) is 8.91. The van der Waals surface area contributed by atoms with Gasteiger partial charge in [0.15, 0.2) is 5.82 Å². The first-order chi connectivity index (χ1) is 19.5. The Kier molecular flexibility index (Phi) is 13.3. The number of nitrogens with one attached hydrogen (secondary N) is 1. The van der Waals surface area contributed by atoms with Gasteiger partial charge in [-0.05, 0) is 56.5 Å². The molecule has 1 saturated carbocycles. The maximum absolute atomic E-state index is 11.8. The zero-order valence-corrected chi connectivity index (χ0v) is 24.0. The topological polar surface area (TPSA) is 136 Å². The molecule has 11 heteroatoms.